The molecule has 0 bridgehead atoms. The summed E-state index contributed by atoms with van der Waals surface area (Å²) in [6, 6.07) is 4.67. The number of carbonyl (C=O) groups excluding carboxylic acids is 1. The van der Waals surface area contributed by atoms with E-state index in [4.69, 9.17) is 11.6 Å². The van der Waals surface area contributed by atoms with Crippen LogP contribution >= 0.6 is 11.6 Å². The number of nitrogens with zero attached hydrogens (tertiary/aromatic N) is 1. The Kier molecular flexibility index (Phi) is 4.19. The maximum atomic E-state index is 12.9. The van der Waals surface area contributed by atoms with Gasteiger partial charge in [0.15, 0.2) is 0 Å². The van der Waals surface area contributed by atoms with Crippen molar-refractivity contribution in [2.75, 3.05) is 13.6 Å². The van der Waals surface area contributed by atoms with E-state index in [1.807, 2.05) is 0 Å². The fourth-order valence-corrected chi connectivity index (χ4v) is 2.33. The van der Waals surface area contributed by atoms with Crippen LogP contribution in [0.25, 0.3) is 0 Å². The third-order valence-electron chi connectivity index (χ3n) is 3.22. The lowest BCUT2D eigenvalue weighted by Crippen LogP contribution is -2.46. The van der Waals surface area contributed by atoms with Crippen LogP contribution in [0.3, 0.4) is 0 Å². The van der Waals surface area contributed by atoms with Crippen LogP contribution in [0.4, 0.5) is 4.39 Å². The third-order valence-corrected chi connectivity index (χ3v) is 3.57. The van der Waals surface area contributed by atoms with Crippen molar-refractivity contribution in [2.45, 2.75) is 25.4 Å². The lowest BCUT2D eigenvalue weighted by molar-refractivity contribution is -0.132. The average molecular weight is 271 g/mol. The van der Waals surface area contributed by atoms with Gasteiger partial charge in [0.1, 0.15) is 5.82 Å². The summed E-state index contributed by atoms with van der Waals surface area (Å²) in [5.74, 6) is -0.139. The maximum Gasteiger partial charge on any atom is 0.222 e. The van der Waals surface area contributed by atoms with Crippen molar-refractivity contribution in [1.29, 1.82) is 0 Å². The molecule has 3 nitrogen and oxygen atoms in total. The molecule has 5 heteroatoms. The van der Waals surface area contributed by atoms with Gasteiger partial charge in [0.25, 0.3) is 0 Å². The van der Waals surface area contributed by atoms with Crippen LogP contribution < -0.4 is 5.32 Å². The summed E-state index contributed by atoms with van der Waals surface area (Å²) in [5.41, 5.74) is 0.873. The normalized spacial score (nSPS) is 20.3. The first-order chi connectivity index (χ1) is 8.56. The zero-order valence-corrected chi connectivity index (χ0v) is 11.0. The molecule has 0 aliphatic carbocycles. The summed E-state index contributed by atoms with van der Waals surface area (Å²) in [6.07, 6.45) is 1.41. The number of likely N-dealkylation sites (tertiary alicyclic amines) is 1. The number of carbonyl (C=O) groups is 1. The van der Waals surface area contributed by atoms with Crippen molar-refractivity contribution < 1.29 is 9.18 Å². The maximum absolute atomic E-state index is 12.9. The van der Waals surface area contributed by atoms with Crippen molar-refractivity contribution in [3.8, 4) is 0 Å². The Morgan fingerprint density at radius 3 is 3.00 bits per heavy atom. The highest BCUT2D eigenvalue weighted by molar-refractivity contribution is 6.31. The van der Waals surface area contributed by atoms with Gasteiger partial charge in [-0.25, -0.2) is 4.39 Å². The highest BCUT2D eigenvalue weighted by Gasteiger charge is 2.22. The molecule has 1 aliphatic rings. The van der Waals surface area contributed by atoms with Gasteiger partial charge < -0.3 is 10.2 Å². The minimum Gasteiger partial charge on any atom is -0.344 e. The number of piperidine rings is 1. The van der Waals surface area contributed by atoms with Gasteiger partial charge >= 0.3 is 0 Å². The topological polar surface area (TPSA) is 32.3 Å². The number of rotatable bonds is 3. The van der Waals surface area contributed by atoms with Gasteiger partial charge in [-0.1, -0.05) is 17.7 Å². The van der Waals surface area contributed by atoms with Crippen LogP contribution in [0.2, 0.25) is 5.02 Å². The van der Waals surface area contributed by atoms with Crippen LogP contribution in [-0.2, 0) is 11.3 Å². The molecule has 0 saturated carbocycles. The molecule has 18 heavy (non-hydrogen) atoms. The lowest BCUT2D eigenvalue weighted by atomic mass is 10.1. The van der Waals surface area contributed by atoms with E-state index in [9.17, 15) is 9.18 Å². The molecule has 1 N–H and O–H groups in total. The first-order valence-corrected chi connectivity index (χ1v) is 6.35. The van der Waals surface area contributed by atoms with Crippen LogP contribution in [0.5, 0.6) is 0 Å². The molecular formula is C13H16ClFN2O. The molecule has 1 aromatic carbocycles. The molecule has 1 heterocycles. The van der Waals surface area contributed by atoms with Crippen LogP contribution in [0.1, 0.15) is 18.4 Å². The van der Waals surface area contributed by atoms with Crippen LogP contribution in [0, 0.1) is 5.82 Å². The van der Waals surface area contributed by atoms with Gasteiger partial charge in [-0.2, -0.15) is 0 Å². The van der Waals surface area contributed by atoms with E-state index < -0.39 is 0 Å². The molecular weight excluding hydrogens is 255 g/mol. The molecule has 1 atom stereocenters. The summed E-state index contributed by atoms with van der Waals surface area (Å²) in [7, 11) is 1.81. The largest absolute Gasteiger partial charge is 0.344 e. The summed E-state index contributed by atoms with van der Waals surface area (Å²) < 4.78 is 12.9. The highest BCUT2D eigenvalue weighted by atomic mass is 35.5. The van der Waals surface area contributed by atoms with E-state index in [1.165, 1.54) is 12.1 Å². The third kappa shape index (κ3) is 3.21. The van der Waals surface area contributed by atoms with Gasteiger partial charge in [0, 0.05) is 37.6 Å². The number of benzene rings is 1. The molecule has 1 aromatic rings. The van der Waals surface area contributed by atoms with E-state index in [-0.39, 0.29) is 17.8 Å². The second-order valence-electron chi connectivity index (χ2n) is 4.63. The standard InChI is InChI=1S/C13H16ClFN2O/c1-17-8-11(4-5-13(17)18)16-7-9-2-3-10(15)6-12(9)14/h2-3,6,11,16H,4-5,7-8H2,1H3. The SMILES string of the molecule is CN1CC(NCc2ccc(F)cc2Cl)CCC1=O. The molecule has 0 radical (unpaired) electrons. The van der Waals surface area contributed by atoms with E-state index in [1.54, 1.807) is 18.0 Å². The average Bonchev–Trinajstić information content (AvgIpc) is 2.32. The number of nitrogens with one attached hydrogen (secondary N) is 1. The second-order valence-corrected chi connectivity index (χ2v) is 5.03. The number of hydrogen-bond acceptors (Lipinski definition) is 2. The first-order valence-electron chi connectivity index (χ1n) is 5.97. The van der Waals surface area contributed by atoms with Crippen molar-refractivity contribution in [1.82, 2.24) is 10.2 Å². The Morgan fingerprint density at radius 2 is 2.33 bits per heavy atom. The predicted molar refractivity (Wildman–Crippen MR) is 68.9 cm³/mol. The van der Waals surface area contributed by atoms with E-state index >= 15 is 0 Å². The Morgan fingerprint density at radius 1 is 1.56 bits per heavy atom. The Labute approximate surface area is 111 Å². The van der Waals surface area contributed by atoms with Gasteiger partial charge in [-0.15, -0.1) is 0 Å². The van der Waals surface area contributed by atoms with E-state index in [0.717, 1.165) is 12.0 Å². The zero-order valence-electron chi connectivity index (χ0n) is 10.2. The monoisotopic (exact) mass is 270 g/mol. The summed E-state index contributed by atoms with van der Waals surface area (Å²) in [5, 5.41) is 3.78. The molecule has 98 valence electrons. The zero-order chi connectivity index (χ0) is 13.1. The number of likely N-dealkylation sites (N-methyl/N-ethyl adjacent to an activating group) is 1. The minimum atomic E-state index is -0.327. The van der Waals surface area contributed by atoms with E-state index in [0.29, 0.717) is 24.5 Å². The van der Waals surface area contributed by atoms with Gasteiger partial charge in [-0.05, 0) is 24.1 Å². The fourth-order valence-electron chi connectivity index (χ4n) is 2.10. The molecule has 1 unspecified atom stereocenters. The summed E-state index contributed by atoms with van der Waals surface area (Å²) in [6.45, 7) is 1.30. The van der Waals surface area contributed by atoms with E-state index in [2.05, 4.69) is 5.32 Å². The molecule has 1 amide bonds. The number of amides is 1. The van der Waals surface area contributed by atoms with Gasteiger partial charge in [-0.3, -0.25) is 4.79 Å². The first kappa shape index (κ1) is 13.3. The number of hydrogen-bond donors (Lipinski definition) is 1. The van der Waals surface area contributed by atoms with Crippen molar-refractivity contribution in [3.05, 3.63) is 34.6 Å². The Bertz CT molecular complexity index is 453. The minimum absolute atomic E-state index is 0.188. The highest BCUT2D eigenvalue weighted by Crippen LogP contribution is 2.18. The van der Waals surface area contributed by atoms with Crippen molar-refractivity contribution in [2.24, 2.45) is 0 Å². The quantitative estimate of drug-likeness (QED) is 0.913. The van der Waals surface area contributed by atoms with Gasteiger partial charge in [0.2, 0.25) is 5.91 Å². The van der Waals surface area contributed by atoms with Crippen LogP contribution in [0.15, 0.2) is 18.2 Å². The number of halogens is 2. The molecule has 2 rings (SSSR count). The van der Waals surface area contributed by atoms with Crippen LogP contribution in [-0.4, -0.2) is 30.4 Å². The molecule has 1 aliphatic heterocycles. The molecule has 1 saturated heterocycles. The summed E-state index contributed by atoms with van der Waals surface area (Å²) >= 11 is 5.95. The predicted octanol–water partition coefficient (Wildman–Crippen LogP) is 2.19. The van der Waals surface area contributed by atoms with Crippen molar-refractivity contribution >= 4 is 17.5 Å². The smallest absolute Gasteiger partial charge is 0.222 e. The molecule has 1 fully saturated rings. The molecule has 0 spiro atoms. The summed E-state index contributed by atoms with van der Waals surface area (Å²) in [4.78, 5) is 13.1. The second kappa shape index (κ2) is 5.67. The Balaban J connectivity index is 1.90. The fraction of sp³-hybridized carbons (Fsp3) is 0.462. The van der Waals surface area contributed by atoms with Crippen molar-refractivity contribution in [3.63, 3.8) is 0 Å². The van der Waals surface area contributed by atoms with Gasteiger partial charge in [0.05, 0.1) is 0 Å². The Hall–Kier alpha value is -1.13. The lowest BCUT2D eigenvalue weighted by Gasteiger charge is -2.30. The molecule has 0 aromatic heterocycles.